The minimum atomic E-state index is -3.71. The molecule has 27 heavy (non-hydrogen) atoms. The monoisotopic (exact) mass is 383 g/mol. The number of fused-ring (bicyclic) bond motifs is 1. The largest absolute Gasteiger partial charge is 0.322 e. The number of amidine groups is 1. The second kappa shape index (κ2) is 7.15. The lowest BCUT2D eigenvalue weighted by Crippen LogP contribution is -2.29. The van der Waals surface area contributed by atoms with Gasteiger partial charge in [-0.1, -0.05) is 12.1 Å². The predicted molar refractivity (Wildman–Crippen MR) is 105 cm³/mol. The number of aryl methyl sites for hydroxylation is 2. The maximum atomic E-state index is 12.6. The van der Waals surface area contributed by atoms with E-state index < -0.39 is 10.0 Å². The van der Waals surface area contributed by atoms with Gasteiger partial charge in [-0.25, -0.2) is 8.42 Å². The van der Waals surface area contributed by atoms with E-state index >= 15 is 0 Å². The van der Waals surface area contributed by atoms with Crippen LogP contribution < -0.4 is 10.0 Å². The summed E-state index contributed by atoms with van der Waals surface area (Å²) in [5.74, 6) is 0.245. The smallest absolute Gasteiger partial charge is 0.262 e. The maximum Gasteiger partial charge on any atom is 0.262 e. The average molecular weight is 383 g/mol. The van der Waals surface area contributed by atoms with Crippen LogP contribution in [0.5, 0.6) is 0 Å². The molecular weight excluding hydrogens is 362 g/mol. The molecule has 0 spiro atoms. The Kier molecular flexibility index (Phi) is 4.70. The second-order valence-corrected chi connectivity index (χ2v) is 8.54. The Morgan fingerprint density at radius 2 is 1.81 bits per heavy atom. The van der Waals surface area contributed by atoms with Gasteiger partial charge in [-0.3, -0.25) is 14.5 Å². The Balaban J connectivity index is 1.51. The van der Waals surface area contributed by atoms with E-state index in [1.165, 1.54) is 23.3 Å². The zero-order valence-corrected chi connectivity index (χ0v) is 15.7. The molecule has 6 nitrogen and oxygen atoms in total. The number of anilines is 1. The normalized spacial score (nSPS) is 15.9. The zero-order chi connectivity index (χ0) is 18.9. The molecule has 0 saturated carbocycles. The van der Waals surface area contributed by atoms with Gasteiger partial charge in [0.15, 0.2) is 0 Å². The van der Waals surface area contributed by atoms with Gasteiger partial charge in [-0.15, -0.1) is 0 Å². The number of rotatable bonds is 4. The molecule has 1 aliphatic carbocycles. The van der Waals surface area contributed by atoms with Gasteiger partial charge in [0.25, 0.3) is 15.9 Å². The molecule has 4 rings (SSSR count). The minimum absolute atomic E-state index is 0.101. The Morgan fingerprint density at radius 1 is 0.963 bits per heavy atom. The molecule has 2 aromatic carbocycles. The van der Waals surface area contributed by atoms with Crippen molar-refractivity contribution in [2.45, 2.75) is 37.0 Å². The molecule has 140 valence electrons. The van der Waals surface area contributed by atoms with E-state index in [9.17, 15) is 13.2 Å². The summed E-state index contributed by atoms with van der Waals surface area (Å²) in [4.78, 5) is 16.8. The highest BCUT2D eigenvalue weighted by Gasteiger charge is 2.19. The summed E-state index contributed by atoms with van der Waals surface area (Å²) in [7, 11) is -3.71. The summed E-state index contributed by atoms with van der Waals surface area (Å²) in [6.45, 7) is 0.648. The molecule has 0 bridgehead atoms. The lowest BCUT2D eigenvalue weighted by Gasteiger charge is -2.10. The van der Waals surface area contributed by atoms with Gasteiger partial charge >= 0.3 is 0 Å². The molecule has 0 fully saturated rings. The fraction of sp³-hybridized carbons (Fsp3) is 0.300. The van der Waals surface area contributed by atoms with E-state index in [1.807, 2.05) is 18.2 Å². The third kappa shape index (κ3) is 3.88. The fourth-order valence-electron chi connectivity index (χ4n) is 3.49. The van der Waals surface area contributed by atoms with Gasteiger partial charge in [-0.2, -0.15) is 0 Å². The Hall–Kier alpha value is -2.67. The summed E-state index contributed by atoms with van der Waals surface area (Å²) in [5.41, 5.74) is 3.56. The van der Waals surface area contributed by atoms with Gasteiger partial charge in [0.1, 0.15) is 5.84 Å². The Bertz CT molecular complexity index is 1030. The topological polar surface area (TPSA) is 87.6 Å². The first-order valence-corrected chi connectivity index (χ1v) is 10.6. The fourth-order valence-corrected chi connectivity index (χ4v) is 4.63. The highest BCUT2D eigenvalue weighted by atomic mass is 32.2. The van der Waals surface area contributed by atoms with Crippen molar-refractivity contribution < 1.29 is 13.2 Å². The Labute approximate surface area is 158 Å². The van der Waals surface area contributed by atoms with E-state index in [4.69, 9.17) is 0 Å². The van der Waals surface area contributed by atoms with Crippen LogP contribution in [0.15, 0.2) is 52.4 Å². The third-order valence-electron chi connectivity index (χ3n) is 4.89. The van der Waals surface area contributed by atoms with Crippen LogP contribution in [0.1, 0.15) is 40.7 Å². The number of amides is 1. The van der Waals surface area contributed by atoms with Crippen LogP contribution in [0.3, 0.4) is 0 Å². The zero-order valence-electron chi connectivity index (χ0n) is 14.9. The highest BCUT2D eigenvalue weighted by molar-refractivity contribution is 7.90. The number of hydrogen-bond acceptors (Lipinski definition) is 4. The number of hydrogen-bond donors (Lipinski definition) is 2. The lowest BCUT2D eigenvalue weighted by molar-refractivity contribution is 0.102. The molecule has 0 radical (unpaired) electrons. The van der Waals surface area contributed by atoms with Crippen molar-refractivity contribution in [3.63, 3.8) is 0 Å². The summed E-state index contributed by atoms with van der Waals surface area (Å²) in [5, 5.41) is 2.79. The van der Waals surface area contributed by atoms with Crippen LogP contribution in [-0.4, -0.2) is 26.7 Å². The van der Waals surface area contributed by atoms with Crippen molar-refractivity contribution in [2.75, 3.05) is 11.9 Å². The molecule has 0 saturated heterocycles. The van der Waals surface area contributed by atoms with E-state index in [1.54, 1.807) is 12.1 Å². The molecule has 0 atom stereocenters. The summed E-state index contributed by atoms with van der Waals surface area (Å²) < 4.78 is 27.6. The molecule has 7 heteroatoms. The number of carbonyl (C=O) groups is 1. The van der Waals surface area contributed by atoms with Gasteiger partial charge in [0.05, 0.1) is 4.90 Å². The lowest BCUT2D eigenvalue weighted by atomic mass is 10.1. The molecule has 0 aromatic heterocycles. The first kappa shape index (κ1) is 17.7. The number of benzene rings is 2. The molecule has 1 heterocycles. The van der Waals surface area contributed by atoms with E-state index in [2.05, 4.69) is 15.0 Å². The van der Waals surface area contributed by atoms with Crippen molar-refractivity contribution in [2.24, 2.45) is 4.99 Å². The van der Waals surface area contributed by atoms with E-state index in [0.29, 0.717) is 30.1 Å². The molecule has 0 unspecified atom stereocenters. The van der Waals surface area contributed by atoms with Crippen molar-refractivity contribution in [3.8, 4) is 0 Å². The first-order chi connectivity index (χ1) is 13.0. The second-order valence-electron chi connectivity index (χ2n) is 6.86. The molecule has 2 aliphatic rings. The highest BCUT2D eigenvalue weighted by Crippen LogP contribution is 2.23. The van der Waals surface area contributed by atoms with Crippen LogP contribution >= 0.6 is 0 Å². The summed E-state index contributed by atoms with van der Waals surface area (Å²) in [6, 6.07) is 12.0. The van der Waals surface area contributed by atoms with Gasteiger partial charge in [0, 0.05) is 24.2 Å². The van der Waals surface area contributed by atoms with E-state index in [0.717, 1.165) is 25.7 Å². The molecule has 2 N–H and O–H groups in total. The predicted octanol–water partition coefficient (Wildman–Crippen LogP) is 2.90. The quantitative estimate of drug-likeness (QED) is 0.851. The number of nitrogens with zero attached hydrogens (tertiary/aromatic N) is 1. The number of aliphatic imine (C=N–C) groups is 1. The van der Waals surface area contributed by atoms with Crippen molar-refractivity contribution in [1.29, 1.82) is 0 Å². The molecule has 1 amide bonds. The summed E-state index contributed by atoms with van der Waals surface area (Å²) >= 11 is 0. The molecular formula is C20H21N3O3S. The molecule has 2 aromatic rings. The number of sulfonamides is 1. The van der Waals surface area contributed by atoms with Crippen LogP contribution in [0.4, 0.5) is 5.69 Å². The van der Waals surface area contributed by atoms with E-state index in [-0.39, 0.29) is 10.8 Å². The van der Waals surface area contributed by atoms with Gasteiger partial charge < -0.3 is 5.32 Å². The standard InChI is InChI=1S/C20H21N3O3S/c24-20(16-10-9-14-4-1-5-15(14)12-16)22-17-6-2-7-18(13-17)27(25,26)23-19-8-3-11-21-19/h2,6-7,9-10,12-13H,1,3-5,8,11H2,(H,21,23)(H,22,24). The Morgan fingerprint density at radius 3 is 2.63 bits per heavy atom. The SMILES string of the molecule is O=C(Nc1cccc(S(=O)(=O)NC2=NCCC2)c1)c1ccc2c(c1)CCC2. The van der Waals surface area contributed by atoms with Crippen molar-refractivity contribution in [1.82, 2.24) is 4.72 Å². The van der Waals surface area contributed by atoms with Crippen molar-refractivity contribution >= 4 is 27.5 Å². The number of carbonyl (C=O) groups excluding carboxylic acids is 1. The van der Waals surface area contributed by atoms with Crippen LogP contribution in [-0.2, 0) is 22.9 Å². The van der Waals surface area contributed by atoms with Crippen molar-refractivity contribution in [3.05, 3.63) is 59.2 Å². The first-order valence-electron chi connectivity index (χ1n) is 9.11. The molecule has 1 aliphatic heterocycles. The third-order valence-corrected chi connectivity index (χ3v) is 6.27. The maximum absolute atomic E-state index is 12.6. The van der Waals surface area contributed by atoms with Crippen LogP contribution in [0.25, 0.3) is 0 Å². The summed E-state index contributed by atoms with van der Waals surface area (Å²) in [6.07, 6.45) is 4.68. The van der Waals surface area contributed by atoms with Crippen LogP contribution in [0, 0.1) is 0 Å². The van der Waals surface area contributed by atoms with Gasteiger partial charge in [0.2, 0.25) is 0 Å². The minimum Gasteiger partial charge on any atom is -0.322 e. The average Bonchev–Trinajstić information content (AvgIpc) is 3.32. The number of nitrogens with one attached hydrogen (secondary N) is 2. The van der Waals surface area contributed by atoms with Crippen LogP contribution in [0.2, 0.25) is 0 Å². The van der Waals surface area contributed by atoms with Gasteiger partial charge in [-0.05, 0) is 67.1 Å².